The summed E-state index contributed by atoms with van der Waals surface area (Å²) < 4.78 is 47.4. The molecule has 0 aliphatic carbocycles. The topological polar surface area (TPSA) is 88.1 Å². The predicted molar refractivity (Wildman–Crippen MR) is 108 cm³/mol. The number of carboxylic acids is 1. The van der Waals surface area contributed by atoms with E-state index in [0.29, 0.717) is 17.2 Å². The summed E-state index contributed by atoms with van der Waals surface area (Å²) in [5, 5.41) is 9.11. The number of pyridine rings is 1. The van der Waals surface area contributed by atoms with Crippen molar-refractivity contribution in [1.82, 2.24) is 15.0 Å². The first-order valence-corrected chi connectivity index (χ1v) is 9.23. The van der Waals surface area contributed by atoms with Crippen LogP contribution in [0.3, 0.4) is 0 Å². The molecule has 0 saturated heterocycles. The fourth-order valence-electron chi connectivity index (χ4n) is 2.58. The molecule has 0 spiro atoms. The van der Waals surface area contributed by atoms with Crippen LogP contribution in [-0.2, 0) is 10.7 Å². The minimum Gasteiger partial charge on any atom is -0.481 e. The molecule has 0 atom stereocenters. The number of carbonyl (C=O) groups is 1. The molecule has 6 nitrogen and oxygen atoms in total. The van der Waals surface area contributed by atoms with E-state index in [9.17, 15) is 18.0 Å². The molecule has 31 heavy (non-hydrogen) atoms. The Bertz CT molecular complexity index is 1110. The third-order valence-electron chi connectivity index (χ3n) is 4.65. The Hall–Kier alpha value is -3.62. The van der Waals surface area contributed by atoms with Gasteiger partial charge in [-0.1, -0.05) is 12.6 Å². The molecule has 1 aromatic carbocycles. The largest absolute Gasteiger partial charge is 0.481 e. The average Bonchev–Trinajstić information content (AvgIpc) is 3.23. The third kappa shape index (κ3) is 4.76. The van der Waals surface area contributed by atoms with Gasteiger partial charge in [0.2, 0.25) is 5.88 Å². The van der Waals surface area contributed by atoms with E-state index in [-0.39, 0.29) is 23.9 Å². The first-order valence-electron chi connectivity index (χ1n) is 9.23. The van der Waals surface area contributed by atoms with E-state index in [1.54, 1.807) is 18.2 Å². The monoisotopic (exact) mass is 431 g/mol. The Morgan fingerprint density at radius 3 is 2.48 bits per heavy atom. The Labute approximate surface area is 176 Å². The van der Waals surface area contributed by atoms with Crippen molar-refractivity contribution < 1.29 is 27.8 Å². The van der Waals surface area contributed by atoms with Crippen molar-refractivity contribution >= 4 is 5.97 Å². The average molecular weight is 431 g/mol. The summed E-state index contributed by atoms with van der Waals surface area (Å²) in [5.41, 5.74) is -0.408. The van der Waals surface area contributed by atoms with E-state index in [1.165, 1.54) is 32.2 Å². The van der Waals surface area contributed by atoms with Gasteiger partial charge in [-0.15, -0.1) is 0 Å². The quantitative estimate of drug-likeness (QED) is 0.488. The van der Waals surface area contributed by atoms with Crippen molar-refractivity contribution in [2.45, 2.75) is 19.8 Å². The van der Waals surface area contributed by atoms with E-state index in [1.807, 2.05) is 0 Å². The highest BCUT2D eigenvalue weighted by Gasteiger charge is 2.30. The van der Waals surface area contributed by atoms with Crippen LogP contribution in [0.5, 0.6) is 5.88 Å². The number of ether oxygens (including phenoxy) is 1. The number of hydrogen-bond acceptors (Lipinski definition) is 4. The minimum atomic E-state index is -3.29. The van der Waals surface area contributed by atoms with Crippen LogP contribution in [0, 0.1) is 11.2 Å². The number of aromatic nitrogens is 3. The number of alkyl halides is 2. The van der Waals surface area contributed by atoms with Crippen molar-refractivity contribution in [3.05, 3.63) is 66.9 Å². The van der Waals surface area contributed by atoms with Gasteiger partial charge >= 0.3 is 11.9 Å². The third-order valence-corrected chi connectivity index (χ3v) is 4.65. The van der Waals surface area contributed by atoms with Crippen molar-refractivity contribution in [2.24, 2.45) is 5.41 Å². The zero-order chi connectivity index (χ0) is 22.8. The minimum absolute atomic E-state index is 0.0245. The van der Waals surface area contributed by atoms with Gasteiger partial charge in [-0.3, -0.25) is 4.79 Å². The number of benzene rings is 1. The normalized spacial score (nSPS) is 11.9. The number of halogens is 3. The second-order valence-electron chi connectivity index (χ2n) is 7.53. The molecule has 0 aliphatic heterocycles. The molecular formula is C22H20F3N3O3. The maximum absolute atomic E-state index is 14.6. The number of nitrogens with one attached hydrogen (secondary N) is 1. The summed E-state index contributed by atoms with van der Waals surface area (Å²) in [6.45, 7) is 6.09. The van der Waals surface area contributed by atoms with Crippen LogP contribution in [0.1, 0.15) is 19.5 Å². The molecule has 0 unspecified atom stereocenters. The lowest BCUT2D eigenvalue weighted by Gasteiger charge is -2.19. The fraction of sp³-hybridized carbons (Fsp3) is 0.227. The summed E-state index contributed by atoms with van der Waals surface area (Å²) in [5.74, 6) is -4.72. The lowest BCUT2D eigenvalue weighted by Crippen LogP contribution is -2.30. The van der Waals surface area contributed by atoms with Crippen LogP contribution in [0.2, 0.25) is 0 Å². The second-order valence-corrected chi connectivity index (χ2v) is 7.53. The van der Waals surface area contributed by atoms with Crippen molar-refractivity contribution in [1.29, 1.82) is 0 Å². The molecule has 162 valence electrons. The van der Waals surface area contributed by atoms with Crippen LogP contribution in [0.25, 0.3) is 22.5 Å². The predicted octanol–water partition coefficient (Wildman–Crippen LogP) is 5.05. The van der Waals surface area contributed by atoms with E-state index in [0.717, 1.165) is 6.20 Å². The molecule has 0 radical (unpaired) electrons. The Kier molecular flexibility index (Phi) is 5.88. The van der Waals surface area contributed by atoms with Crippen molar-refractivity contribution in [2.75, 3.05) is 6.61 Å². The molecule has 0 amide bonds. The maximum Gasteiger partial charge on any atom is 0.312 e. The molecule has 2 aromatic heterocycles. The number of H-pyrrole nitrogens is 1. The second kappa shape index (κ2) is 8.25. The van der Waals surface area contributed by atoms with E-state index in [2.05, 4.69) is 21.5 Å². The van der Waals surface area contributed by atoms with Crippen LogP contribution in [0.4, 0.5) is 13.2 Å². The van der Waals surface area contributed by atoms with Crippen LogP contribution in [0.15, 0.2) is 55.4 Å². The number of hydrogen-bond donors (Lipinski definition) is 2. The van der Waals surface area contributed by atoms with Gasteiger partial charge in [0.05, 0.1) is 17.2 Å². The number of carboxylic acid groups (broad SMARTS) is 1. The van der Waals surface area contributed by atoms with E-state index >= 15 is 0 Å². The van der Waals surface area contributed by atoms with Gasteiger partial charge in [0.1, 0.15) is 23.9 Å². The first kappa shape index (κ1) is 22.1. The smallest absolute Gasteiger partial charge is 0.312 e. The zero-order valence-electron chi connectivity index (χ0n) is 16.8. The number of aliphatic carboxylic acids is 1. The summed E-state index contributed by atoms with van der Waals surface area (Å²) in [4.78, 5) is 21.5. The zero-order valence-corrected chi connectivity index (χ0v) is 16.8. The summed E-state index contributed by atoms with van der Waals surface area (Å²) in [6, 6.07) is 7.49. The standard InChI is InChI=1S/C22H20F3N3O3/c1-4-22(24,25)17-11-27-19(28-17)15-7-5-13(9-16(15)23)14-6-8-18(26-10-14)31-12-21(2,3)20(29)30/h4-11H,1,12H2,2-3H3,(H,27,28)(H,29,30). The first-order chi connectivity index (χ1) is 14.5. The Morgan fingerprint density at radius 2 is 1.90 bits per heavy atom. The van der Waals surface area contributed by atoms with Crippen LogP contribution >= 0.6 is 0 Å². The SMILES string of the molecule is C=CC(F)(F)c1cnc(-c2ccc(-c3ccc(OCC(C)(C)C(=O)O)nc3)cc2F)[nH]1. The lowest BCUT2D eigenvalue weighted by molar-refractivity contribution is -0.148. The van der Waals surface area contributed by atoms with Crippen LogP contribution < -0.4 is 4.74 Å². The highest BCUT2D eigenvalue weighted by molar-refractivity contribution is 5.73. The summed E-state index contributed by atoms with van der Waals surface area (Å²) in [7, 11) is 0. The fourth-order valence-corrected chi connectivity index (χ4v) is 2.58. The highest BCUT2D eigenvalue weighted by Crippen LogP contribution is 2.31. The molecule has 2 heterocycles. The summed E-state index contributed by atoms with van der Waals surface area (Å²) in [6.07, 6.45) is 2.89. The molecule has 0 aliphatic rings. The van der Waals surface area contributed by atoms with Gasteiger partial charge in [-0.05, 0) is 43.7 Å². The number of rotatable bonds is 8. The molecule has 9 heteroatoms. The van der Waals surface area contributed by atoms with Gasteiger partial charge in [0, 0.05) is 17.8 Å². The summed E-state index contributed by atoms with van der Waals surface area (Å²) >= 11 is 0. The van der Waals surface area contributed by atoms with Gasteiger partial charge in [-0.2, -0.15) is 8.78 Å². The Balaban J connectivity index is 1.77. The van der Waals surface area contributed by atoms with E-state index < -0.39 is 28.8 Å². The van der Waals surface area contributed by atoms with Gasteiger partial charge < -0.3 is 14.8 Å². The lowest BCUT2D eigenvalue weighted by atomic mass is 9.95. The molecule has 3 rings (SSSR count). The number of aromatic amines is 1. The van der Waals surface area contributed by atoms with Gasteiger partial charge in [0.25, 0.3) is 0 Å². The molecule has 0 fully saturated rings. The molecule has 0 bridgehead atoms. The Morgan fingerprint density at radius 1 is 1.19 bits per heavy atom. The number of allylic oxidation sites excluding steroid dienone is 1. The number of nitrogens with zero attached hydrogens (tertiary/aromatic N) is 2. The van der Waals surface area contributed by atoms with Gasteiger partial charge in [0.15, 0.2) is 0 Å². The maximum atomic E-state index is 14.6. The van der Waals surface area contributed by atoms with Gasteiger partial charge in [-0.25, -0.2) is 14.4 Å². The molecule has 2 N–H and O–H groups in total. The van der Waals surface area contributed by atoms with E-state index in [4.69, 9.17) is 9.84 Å². The van der Waals surface area contributed by atoms with Crippen molar-refractivity contribution in [3.63, 3.8) is 0 Å². The molecular weight excluding hydrogens is 411 g/mol. The van der Waals surface area contributed by atoms with Crippen LogP contribution in [-0.4, -0.2) is 32.6 Å². The number of imidazole rings is 1. The molecule has 0 saturated carbocycles. The van der Waals surface area contributed by atoms with Crippen molar-refractivity contribution in [3.8, 4) is 28.4 Å². The highest BCUT2D eigenvalue weighted by atomic mass is 19.3. The molecule has 3 aromatic rings.